The van der Waals surface area contributed by atoms with E-state index in [1.807, 2.05) is 24.3 Å². The fraction of sp³-hybridized carbons (Fsp3) is 0.438. The maximum Gasteiger partial charge on any atom is 0.311 e. The molecule has 2 aromatic rings. The number of fused-ring (bicyclic) bond motifs is 2. The van der Waals surface area contributed by atoms with Gasteiger partial charge in [-0.15, -0.1) is 11.3 Å². The predicted octanol–water partition coefficient (Wildman–Crippen LogP) is 2.78. The highest BCUT2D eigenvalue weighted by atomic mass is 32.2. The molecule has 0 spiro atoms. The van der Waals surface area contributed by atoms with Crippen LogP contribution in [0.4, 0.5) is 0 Å². The lowest BCUT2D eigenvalue weighted by Gasteiger charge is -2.23. The number of hydrogen-bond donors (Lipinski definition) is 1. The van der Waals surface area contributed by atoms with E-state index in [0.717, 1.165) is 22.9 Å². The van der Waals surface area contributed by atoms with Crippen molar-refractivity contribution in [2.75, 3.05) is 13.1 Å². The molecule has 23 heavy (non-hydrogen) atoms. The number of rotatable bonds is 3. The van der Waals surface area contributed by atoms with E-state index in [1.165, 1.54) is 15.6 Å². The van der Waals surface area contributed by atoms with E-state index in [2.05, 4.69) is 0 Å². The molecule has 122 valence electrons. The maximum atomic E-state index is 13.0. The number of nitrogens with zero attached hydrogens (tertiary/aromatic N) is 1. The molecule has 0 radical (unpaired) electrons. The zero-order valence-corrected chi connectivity index (χ0v) is 14.1. The van der Waals surface area contributed by atoms with Crippen LogP contribution in [0, 0.1) is 11.3 Å². The van der Waals surface area contributed by atoms with Crippen LogP contribution in [-0.2, 0) is 14.8 Å². The summed E-state index contributed by atoms with van der Waals surface area (Å²) in [6.45, 7) is 0.415. The lowest BCUT2D eigenvalue weighted by molar-refractivity contribution is -0.149. The average molecular weight is 351 g/mol. The van der Waals surface area contributed by atoms with E-state index in [9.17, 15) is 18.3 Å². The summed E-state index contributed by atoms with van der Waals surface area (Å²) in [5.74, 6) is -0.924. The number of carboxylic acid groups (broad SMARTS) is 1. The number of hydrogen-bond acceptors (Lipinski definition) is 4. The first kappa shape index (κ1) is 15.1. The van der Waals surface area contributed by atoms with E-state index >= 15 is 0 Å². The maximum absolute atomic E-state index is 13.0. The van der Waals surface area contributed by atoms with Gasteiger partial charge in [0.1, 0.15) is 4.90 Å². The molecule has 0 amide bonds. The highest BCUT2D eigenvalue weighted by Crippen LogP contribution is 2.50. The van der Waals surface area contributed by atoms with Gasteiger partial charge in [-0.1, -0.05) is 24.6 Å². The molecule has 1 aliphatic carbocycles. The second-order valence-electron chi connectivity index (χ2n) is 6.44. The summed E-state index contributed by atoms with van der Waals surface area (Å²) in [5, 5.41) is 12.0. The second kappa shape index (κ2) is 5.03. The van der Waals surface area contributed by atoms with Crippen LogP contribution < -0.4 is 0 Å². The molecule has 2 atom stereocenters. The lowest BCUT2D eigenvalue weighted by atomic mass is 9.81. The molecule has 0 bridgehead atoms. The Morgan fingerprint density at radius 3 is 2.87 bits per heavy atom. The fourth-order valence-corrected chi connectivity index (χ4v) is 7.10. The van der Waals surface area contributed by atoms with Gasteiger partial charge in [0.15, 0.2) is 0 Å². The van der Waals surface area contributed by atoms with Crippen LogP contribution in [0.15, 0.2) is 34.5 Å². The minimum Gasteiger partial charge on any atom is -0.481 e. The molecule has 0 unspecified atom stereocenters. The monoisotopic (exact) mass is 351 g/mol. The van der Waals surface area contributed by atoms with Crippen LogP contribution in [0.25, 0.3) is 10.1 Å². The zero-order valence-electron chi connectivity index (χ0n) is 12.4. The second-order valence-corrected chi connectivity index (χ2v) is 9.26. The number of carbonyl (C=O) groups is 1. The lowest BCUT2D eigenvalue weighted by Crippen LogP contribution is -2.37. The summed E-state index contributed by atoms with van der Waals surface area (Å²) in [5.41, 5.74) is -0.890. The molecule has 4 rings (SSSR count). The zero-order chi connectivity index (χ0) is 16.2. The van der Waals surface area contributed by atoms with Crippen LogP contribution in [0.3, 0.4) is 0 Å². The number of carboxylic acids is 1. The van der Waals surface area contributed by atoms with Crippen molar-refractivity contribution < 1.29 is 18.3 Å². The molecule has 2 fully saturated rings. The molecular weight excluding hydrogens is 334 g/mol. The van der Waals surface area contributed by atoms with Gasteiger partial charge in [-0.25, -0.2) is 8.42 Å². The number of sulfonamides is 1. The highest BCUT2D eigenvalue weighted by molar-refractivity contribution is 7.89. The molecule has 2 heterocycles. The highest BCUT2D eigenvalue weighted by Gasteiger charge is 2.57. The van der Waals surface area contributed by atoms with Crippen molar-refractivity contribution >= 4 is 37.4 Å². The van der Waals surface area contributed by atoms with Crippen molar-refractivity contribution in [3.8, 4) is 0 Å². The first-order valence-electron chi connectivity index (χ1n) is 7.65. The van der Waals surface area contributed by atoms with Crippen molar-refractivity contribution in [2.24, 2.45) is 11.3 Å². The van der Waals surface area contributed by atoms with Gasteiger partial charge in [-0.3, -0.25) is 4.79 Å². The normalized spacial score (nSPS) is 28.3. The average Bonchev–Trinajstić information content (AvgIpc) is 3.19. The Bertz CT molecular complexity index is 888. The van der Waals surface area contributed by atoms with Gasteiger partial charge in [-0.2, -0.15) is 4.31 Å². The van der Waals surface area contributed by atoms with Crippen molar-refractivity contribution in [2.45, 2.75) is 24.2 Å². The van der Waals surface area contributed by atoms with E-state index in [0.29, 0.717) is 17.9 Å². The van der Waals surface area contributed by atoms with Gasteiger partial charge >= 0.3 is 5.97 Å². The smallest absolute Gasteiger partial charge is 0.311 e. The Hall–Kier alpha value is -1.44. The van der Waals surface area contributed by atoms with Crippen LogP contribution >= 0.6 is 11.3 Å². The van der Waals surface area contributed by atoms with Crippen molar-refractivity contribution in [3.05, 3.63) is 29.6 Å². The van der Waals surface area contributed by atoms with E-state index in [-0.39, 0.29) is 12.5 Å². The molecule has 5 nitrogen and oxygen atoms in total. The molecule has 1 saturated carbocycles. The Kier molecular flexibility index (Phi) is 3.30. The molecule has 1 aromatic carbocycles. The molecule has 1 aliphatic heterocycles. The summed E-state index contributed by atoms with van der Waals surface area (Å²) >= 11 is 1.40. The molecule has 2 aliphatic rings. The summed E-state index contributed by atoms with van der Waals surface area (Å²) < 4.78 is 28.4. The van der Waals surface area contributed by atoms with Crippen molar-refractivity contribution in [1.29, 1.82) is 0 Å². The third-order valence-corrected chi connectivity index (χ3v) is 8.29. The van der Waals surface area contributed by atoms with Crippen molar-refractivity contribution in [3.63, 3.8) is 0 Å². The molecule has 1 saturated heterocycles. The van der Waals surface area contributed by atoms with E-state index in [1.54, 1.807) is 5.38 Å². The van der Waals surface area contributed by atoms with Gasteiger partial charge in [-0.05, 0) is 24.8 Å². The summed E-state index contributed by atoms with van der Waals surface area (Å²) in [6, 6.07) is 7.42. The topological polar surface area (TPSA) is 74.7 Å². The molecule has 1 N–H and O–H groups in total. The summed E-state index contributed by atoms with van der Waals surface area (Å²) in [6.07, 6.45) is 2.23. The molecule has 1 aromatic heterocycles. The third-order valence-electron chi connectivity index (χ3n) is 5.33. The van der Waals surface area contributed by atoms with E-state index in [4.69, 9.17) is 0 Å². The minimum absolute atomic E-state index is 0.0697. The fourth-order valence-electron chi connectivity index (χ4n) is 4.07. The first-order valence-corrected chi connectivity index (χ1v) is 9.97. The van der Waals surface area contributed by atoms with Gasteiger partial charge in [0.05, 0.1) is 5.41 Å². The largest absolute Gasteiger partial charge is 0.481 e. The number of benzene rings is 1. The molecule has 7 heteroatoms. The van der Waals surface area contributed by atoms with Crippen molar-refractivity contribution in [1.82, 2.24) is 4.31 Å². The quantitative estimate of drug-likeness (QED) is 0.923. The van der Waals surface area contributed by atoms with Gasteiger partial charge < -0.3 is 5.11 Å². The van der Waals surface area contributed by atoms with Crippen LogP contribution in [0.5, 0.6) is 0 Å². The number of aliphatic carboxylic acids is 1. The predicted molar refractivity (Wildman–Crippen MR) is 88.0 cm³/mol. The summed E-state index contributed by atoms with van der Waals surface area (Å²) in [4.78, 5) is 12.1. The van der Waals surface area contributed by atoms with Crippen LogP contribution in [0.1, 0.15) is 19.3 Å². The minimum atomic E-state index is -3.66. The first-order chi connectivity index (χ1) is 10.9. The van der Waals surface area contributed by atoms with Crippen LogP contribution in [0.2, 0.25) is 0 Å². The van der Waals surface area contributed by atoms with Gasteiger partial charge in [0.25, 0.3) is 0 Å². The summed E-state index contributed by atoms with van der Waals surface area (Å²) in [7, 11) is -3.66. The Morgan fingerprint density at radius 1 is 1.35 bits per heavy atom. The molecular formula is C16H17NO4S2. The van der Waals surface area contributed by atoms with Gasteiger partial charge in [0.2, 0.25) is 10.0 Å². The Labute approximate surface area is 138 Å². The Balaban J connectivity index is 1.75. The van der Waals surface area contributed by atoms with Crippen LogP contribution in [-0.4, -0.2) is 36.9 Å². The number of thiophene rings is 1. The SMILES string of the molecule is O=C(O)[C@@]12CCC[C@H]1CN(S(=O)(=O)c1csc3ccccc13)C2. The third kappa shape index (κ3) is 2.07. The van der Waals surface area contributed by atoms with Gasteiger partial charge in [0, 0.05) is 28.6 Å². The standard InChI is InChI=1S/C16H17NO4S2/c18-15(19)16-7-3-4-11(16)8-17(10-16)23(20,21)14-9-22-13-6-2-1-5-12(13)14/h1-2,5-6,9,11H,3-4,7-8,10H2,(H,18,19)/t11-,16+/m0/s1. The van der Waals surface area contributed by atoms with E-state index < -0.39 is 21.4 Å². The Morgan fingerprint density at radius 2 is 2.13 bits per heavy atom.